The Morgan fingerprint density at radius 3 is 3.00 bits per heavy atom. The fraction of sp³-hybridized carbons (Fsp3) is 0.533. The van der Waals surface area contributed by atoms with E-state index in [0.717, 1.165) is 24.2 Å². The summed E-state index contributed by atoms with van der Waals surface area (Å²) in [7, 11) is 0. The van der Waals surface area contributed by atoms with Gasteiger partial charge in [0.1, 0.15) is 11.4 Å². The molecule has 1 saturated heterocycles. The van der Waals surface area contributed by atoms with Crippen molar-refractivity contribution in [2.75, 3.05) is 0 Å². The second-order valence-electron chi connectivity index (χ2n) is 6.12. The molecule has 0 radical (unpaired) electrons. The summed E-state index contributed by atoms with van der Waals surface area (Å²) in [5.41, 5.74) is 8.21. The van der Waals surface area contributed by atoms with Gasteiger partial charge in [-0.05, 0) is 25.8 Å². The Kier molecular flexibility index (Phi) is 2.78. The highest BCUT2D eigenvalue weighted by Gasteiger charge is 2.36. The molecule has 3 N–H and O–H groups in total. The fourth-order valence-corrected chi connectivity index (χ4v) is 3.01. The van der Waals surface area contributed by atoms with Crippen LogP contribution in [0, 0.1) is 0 Å². The normalized spacial score (nSPS) is 28.5. The number of fused-ring (bicyclic) bond motifs is 1. The second kappa shape index (κ2) is 4.23. The molecule has 0 bridgehead atoms. The minimum Gasteiger partial charge on any atom is -0.487 e. The van der Waals surface area contributed by atoms with Crippen LogP contribution < -0.4 is 15.8 Å². The largest absolute Gasteiger partial charge is 0.487 e. The predicted molar refractivity (Wildman–Crippen MR) is 72.9 cm³/mol. The van der Waals surface area contributed by atoms with Gasteiger partial charge in [0.05, 0.1) is 6.04 Å². The van der Waals surface area contributed by atoms with E-state index < -0.39 is 0 Å². The van der Waals surface area contributed by atoms with Crippen LogP contribution in [0.2, 0.25) is 0 Å². The summed E-state index contributed by atoms with van der Waals surface area (Å²) < 4.78 is 6.06. The van der Waals surface area contributed by atoms with Crippen molar-refractivity contribution in [2.24, 2.45) is 5.73 Å². The third kappa shape index (κ3) is 2.21. The lowest BCUT2D eigenvalue weighted by molar-refractivity contribution is -0.123. The number of piperidine rings is 1. The molecular formula is C15H20N2O2. The Balaban J connectivity index is 1.98. The molecule has 2 aliphatic heterocycles. The Labute approximate surface area is 113 Å². The number of para-hydroxylation sites is 1. The van der Waals surface area contributed by atoms with E-state index in [-0.39, 0.29) is 23.6 Å². The topological polar surface area (TPSA) is 64.4 Å². The monoisotopic (exact) mass is 260 g/mol. The molecule has 1 aromatic carbocycles. The van der Waals surface area contributed by atoms with Gasteiger partial charge in [-0.1, -0.05) is 18.2 Å². The second-order valence-corrected chi connectivity index (χ2v) is 6.12. The molecule has 4 nitrogen and oxygen atoms in total. The van der Waals surface area contributed by atoms with Crippen LogP contribution in [0.1, 0.15) is 43.9 Å². The molecule has 1 fully saturated rings. The minimum absolute atomic E-state index is 0.0449. The predicted octanol–water partition coefficient (Wildman–Crippen LogP) is 1.68. The van der Waals surface area contributed by atoms with Crippen molar-refractivity contribution in [1.82, 2.24) is 5.32 Å². The van der Waals surface area contributed by atoms with Gasteiger partial charge in [-0.2, -0.15) is 0 Å². The quantitative estimate of drug-likeness (QED) is 0.807. The smallest absolute Gasteiger partial charge is 0.220 e. The molecule has 3 rings (SSSR count). The van der Waals surface area contributed by atoms with Crippen molar-refractivity contribution < 1.29 is 9.53 Å². The molecule has 1 aromatic rings. The maximum atomic E-state index is 11.6. The van der Waals surface area contributed by atoms with E-state index in [1.54, 1.807) is 0 Å². The highest BCUT2D eigenvalue weighted by atomic mass is 16.5. The van der Waals surface area contributed by atoms with Gasteiger partial charge in [0.15, 0.2) is 0 Å². The molecule has 2 unspecified atom stereocenters. The zero-order valence-corrected chi connectivity index (χ0v) is 11.4. The van der Waals surface area contributed by atoms with Crippen molar-refractivity contribution in [2.45, 2.75) is 50.8 Å². The Hall–Kier alpha value is -1.55. The summed E-state index contributed by atoms with van der Waals surface area (Å²) >= 11 is 0. The molecular weight excluding hydrogens is 240 g/mol. The number of nitrogens with one attached hydrogen (secondary N) is 1. The Morgan fingerprint density at radius 1 is 1.42 bits per heavy atom. The molecule has 2 aliphatic rings. The molecule has 102 valence electrons. The Morgan fingerprint density at radius 2 is 2.21 bits per heavy atom. The van der Waals surface area contributed by atoms with Crippen LogP contribution in [-0.4, -0.2) is 17.6 Å². The number of carbonyl (C=O) groups is 1. The summed E-state index contributed by atoms with van der Waals surface area (Å²) in [4.78, 5) is 11.6. The van der Waals surface area contributed by atoms with Gasteiger partial charge < -0.3 is 15.8 Å². The first-order chi connectivity index (χ1) is 8.96. The summed E-state index contributed by atoms with van der Waals surface area (Å²) in [5, 5.41) is 3.00. The molecule has 0 saturated carbocycles. The number of carbonyl (C=O) groups excluding carboxylic acids is 1. The lowest BCUT2D eigenvalue weighted by Crippen LogP contribution is -2.45. The third-order valence-electron chi connectivity index (χ3n) is 3.91. The van der Waals surface area contributed by atoms with Crippen LogP contribution in [0.25, 0.3) is 0 Å². The molecule has 4 heteroatoms. The van der Waals surface area contributed by atoms with E-state index in [4.69, 9.17) is 10.5 Å². The van der Waals surface area contributed by atoms with Gasteiger partial charge in [-0.3, -0.25) is 4.79 Å². The number of ether oxygens (including phenoxy) is 1. The van der Waals surface area contributed by atoms with Crippen LogP contribution in [-0.2, 0) is 11.2 Å². The zero-order valence-electron chi connectivity index (χ0n) is 11.4. The molecule has 0 aromatic heterocycles. The summed E-state index contributed by atoms with van der Waals surface area (Å²) in [6.45, 7) is 4.16. The van der Waals surface area contributed by atoms with Gasteiger partial charge in [-0.15, -0.1) is 0 Å². The van der Waals surface area contributed by atoms with E-state index in [1.165, 1.54) is 5.56 Å². The van der Waals surface area contributed by atoms with E-state index in [1.807, 2.05) is 12.1 Å². The first-order valence-corrected chi connectivity index (χ1v) is 6.82. The maximum Gasteiger partial charge on any atom is 0.220 e. The molecule has 0 spiro atoms. The molecule has 0 aliphatic carbocycles. The van der Waals surface area contributed by atoms with Gasteiger partial charge in [0.25, 0.3) is 0 Å². The van der Waals surface area contributed by atoms with Crippen molar-refractivity contribution in [3.05, 3.63) is 29.3 Å². The number of amides is 1. The van der Waals surface area contributed by atoms with E-state index in [9.17, 15) is 4.79 Å². The number of hydrogen-bond acceptors (Lipinski definition) is 3. The first-order valence-electron chi connectivity index (χ1n) is 6.82. The van der Waals surface area contributed by atoms with Gasteiger partial charge >= 0.3 is 0 Å². The van der Waals surface area contributed by atoms with Crippen molar-refractivity contribution in [3.8, 4) is 5.75 Å². The lowest BCUT2D eigenvalue weighted by Gasteiger charge is -2.31. The summed E-state index contributed by atoms with van der Waals surface area (Å²) in [6, 6.07) is 5.94. The van der Waals surface area contributed by atoms with Gasteiger partial charge in [-0.25, -0.2) is 0 Å². The summed E-state index contributed by atoms with van der Waals surface area (Å²) in [5.74, 6) is 0.983. The maximum absolute atomic E-state index is 11.6. The SMILES string of the molecule is CC1(C)Cc2cccc(C3NC(=O)CCC3N)c2O1. The standard InChI is InChI=1S/C15H20N2O2/c1-15(2)8-9-4-3-5-10(14(9)19-15)13-11(16)6-7-12(18)17-13/h3-5,11,13H,6-8,16H2,1-2H3,(H,17,18). The third-order valence-corrected chi connectivity index (χ3v) is 3.91. The summed E-state index contributed by atoms with van der Waals surface area (Å²) in [6.07, 6.45) is 2.13. The molecule has 1 amide bonds. The number of benzene rings is 1. The number of hydrogen-bond donors (Lipinski definition) is 2. The first kappa shape index (κ1) is 12.5. The zero-order chi connectivity index (χ0) is 13.6. The van der Waals surface area contributed by atoms with Crippen LogP contribution in [0.5, 0.6) is 5.75 Å². The van der Waals surface area contributed by atoms with E-state index in [0.29, 0.717) is 6.42 Å². The average molecular weight is 260 g/mol. The van der Waals surface area contributed by atoms with E-state index in [2.05, 4.69) is 25.2 Å². The van der Waals surface area contributed by atoms with Crippen LogP contribution in [0.15, 0.2) is 18.2 Å². The molecule has 19 heavy (non-hydrogen) atoms. The van der Waals surface area contributed by atoms with Gasteiger partial charge in [0, 0.05) is 24.4 Å². The average Bonchev–Trinajstić information content (AvgIpc) is 2.66. The van der Waals surface area contributed by atoms with Crippen LogP contribution in [0.4, 0.5) is 0 Å². The lowest BCUT2D eigenvalue weighted by atomic mass is 9.90. The van der Waals surface area contributed by atoms with Crippen molar-refractivity contribution >= 4 is 5.91 Å². The van der Waals surface area contributed by atoms with E-state index >= 15 is 0 Å². The Bertz CT molecular complexity index is 525. The van der Waals surface area contributed by atoms with Gasteiger partial charge in [0.2, 0.25) is 5.91 Å². The highest BCUT2D eigenvalue weighted by Crippen LogP contribution is 2.41. The number of rotatable bonds is 1. The molecule has 2 heterocycles. The van der Waals surface area contributed by atoms with Crippen LogP contribution in [0.3, 0.4) is 0 Å². The highest BCUT2D eigenvalue weighted by molar-refractivity contribution is 5.77. The number of nitrogens with two attached hydrogens (primary N) is 1. The minimum atomic E-state index is -0.179. The molecule has 2 atom stereocenters. The fourth-order valence-electron chi connectivity index (χ4n) is 3.01. The van der Waals surface area contributed by atoms with Crippen molar-refractivity contribution in [3.63, 3.8) is 0 Å². The van der Waals surface area contributed by atoms with Crippen LogP contribution >= 0.6 is 0 Å². The van der Waals surface area contributed by atoms with Crippen molar-refractivity contribution in [1.29, 1.82) is 0 Å².